The molecule has 1 fully saturated rings. The topological polar surface area (TPSA) is 72.1 Å². The van der Waals surface area contributed by atoms with E-state index in [1.807, 2.05) is 42.2 Å². The van der Waals surface area contributed by atoms with Crippen LogP contribution in [0.3, 0.4) is 0 Å². The second kappa shape index (κ2) is 5.73. The lowest BCUT2D eigenvalue weighted by atomic mass is 10.3. The first kappa shape index (κ1) is 13.9. The van der Waals surface area contributed by atoms with E-state index in [4.69, 9.17) is 5.73 Å². The molecular formula is C15H16N4OS. The number of amides is 1. The Balaban J connectivity index is 1.75. The molecule has 21 heavy (non-hydrogen) atoms. The van der Waals surface area contributed by atoms with Crippen molar-refractivity contribution >= 4 is 29.2 Å². The van der Waals surface area contributed by atoms with Crippen molar-refractivity contribution in [1.29, 1.82) is 0 Å². The SMILES string of the molecule is Cc1cc(N)nc(S[C@H]2CCN(c3ccccc3)C2=O)n1. The van der Waals surface area contributed by atoms with E-state index in [0.717, 1.165) is 24.3 Å². The molecule has 1 aromatic heterocycles. The van der Waals surface area contributed by atoms with Crippen molar-refractivity contribution in [3.63, 3.8) is 0 Å². The van der Waals surface area contributed by atoms with Gasteiger partial charge in [0.1, 0.15) is 5.82 Å². The van der Waals surface area contributed by atoms with Crippen molar-refractivity contribution in [2.75, 3.05) is 17.2 Å². The van der Waals surface area contributed by atoms with Gasteiger partial charge in [0.05, 0.1) is 5.25 Å². The fraction of sp³-hybridized carbons (Fsp3) is 0.267. The van der Waals surface area contributed by atoms with Crippen LogP contribution in [-0.2, 0) is 4.79 Å². The second-order valence-electron chi connectivity index (χ2n) is 4.94. The van der Waals surface area contributed by atoms with E-state index in [1.165, 1.54) is 11.8 Å². The van der Waals surface area contributed by atoms with Crippen LogP contribution in [0.25, 0.3) is 0 Å². The minimum absolute atomic E-state index is 0.106. The standard InChI is InChI=1S/C15H16N4OS/c1-10-9-13(16)18-15(17-10)21-12-7-8-19(14(12)20)11-5-3-2-4-6-11/h2-6,9,12H,7-8H2,1H3,(H2,16,17,18)/t12-/m0/s1. The summed E-state index contributed by atoms with van der Waals surface area (Å²) in [6, 6.07) is 11.4. The van der Waals surface area contributed by atoms with Gasteiger partial charge in [-0.1, -0.05) is 30.0 Å². The maximum atomic E-state index is 12.5. The molecule has 0 radical (unpaired) electrons. The number of hydrogen-bond donors (Lipinski definition) is 1. The number of anilines is 2. The first-order valence-corrected chi connectivity index (χ1v) is 7.66. The predicted molar refractivity (Wildman–Crippen MR) is 84.2 cm³/mol. The van der Waals surface area contributed by atoms with Gasteiger partial charge in [-0.25, -0.2) is 9.97 Å². The molecule has 0 saturated carbocycles. The fourth-order valence-corrected chi connectivity index (χ4v) is 3.43. The van der Waals surface area contributed by atoms with E-state index < -0.39 is 0 Å². The number of para-hydroxylation sites is 1. The Morgan fingerprint density at radius 1 is 1.29 bits per heavy atom. The van der Waals surface area contributed by atoms with Gasteiger partial charge in [-0.15, -0.1) is 0 Å². The van der Waals surface area contributed by atoms with E-state index in [1.54, 1.807) is 6.07 Å². The number of nitrogens with zero attached hydrogens (tertiary/aromatic N) is 3. The highest BCUT2D eigenvalue weighted by atomic mass is 32.2. The first-order chi connectivity index (χ1) is 10.1. The second-order valence-corrected chi connectivity index (χ2v) is 6.11. The van der Waals surface area contributed by atoms with Crippen molar-refractivity contribution < 1.29 is 4.79 Å². The minimum atomic E-state index is -0.147. The molecule has 0 unspecified atom stereocenters. The van der Waals surface area contributed by atoms with Crippen molar-refractivity contribution in [1.82, 2.24) is 9.97 Å². The van der Waals surface area contributed by atoms with Gasteiger partial charge in [0.25, 0.3) is 0 Å². The van der Waals surface area contributed by atoms with Gasteiger partial charge < -0.3 is 10.6 Å². The number of benzene rings is 1. The summed E-state index contributed by atoms with van der Waals surface area (Å²) in [5, 5.41) is 0.423. The quantitative estimate of drug-likeness (QED) is 0.880. The number of nitrogens with two attached hydrogens (primary N) is 1. The average molecular weight is 300 g/mol. The fourth-order valence-electron chi connectivity index (χ4n) is 2.37. The molecule has 0 bridgehead atoms. The van der Waals surface area contributed by atoms with E-state index in [9.17, 15) is 4.79 Å². The van der Waals surface area contributed by atoms with Crippen molar-refractivity contribution in [2.24, 2.45) is 0 Å². The van der Waals surface area contributed by atoms with Crippen LogP contribution in [0.1, 0.15) is 12.1 Å². The van der Waals surface area contributed by atoms with Gasteiger partial charge in [-0.3, -0.25) is 4.79 Å². The Morgan fingerprint density at radius 3 is 2.76 bits per heavy atom. The van der Waals surface area contributed by atoms with E-state index in [-0.39, 0.29) is 11.2 Å². The van der Waals surface area contributed by atoms with Gasteiger partial charge in [0.15, 0.2) is 5.16 Å². The first-order valence-electron chi connectivity index (χ1n) is 6.78. The van der Waals surface area contributed by atoms with Crippen LogP contribution in [0, 0.1) is 6.92 Å². The summed E-state index contributed by atoms with van der Waals surface area (Å²) >= 11 is 1.39. The number of nitrogen functional groups attached to an aromatic ring is 1. The van der Waals surface area contributed by atoms with Crippen molar-refractivity contribution in [3.05, 3.63) is 42.1 Å². The summed E-state index contributed by atoms with van der Waals surface area (Å²) in [4.78, 5) is 22.8. The Hall–Kier alpha value is -2.08. The number of rotatable bonds is 3. The smallest absolute Gasteiger partial charge is 0.240 e. The maximum absolute atomic E-state index is 12.5. The van der Waals surface area contributed by atoms with E-state index in [0.29, 0.717) is 11.0 Å². The lowest BCUT2D eigenvalue weighted by molar-refractivity contribution is -0.116. The minimum Gasteiger partial charge on any atom is -0.384 e. The molecule has 108 valence electrons. The van der Waals surface area contributed by atoms with Crippen LogP contribution in [0.15, 0.2) is 41.6 Å². The monoisotopic (exact) mass is 300 g/mol. The van der Waals surface area contributed by atoms with E-state index in [2.05, 4.69) is 9.97 Å². The third kappa shape index (κ3) is 3.00. The largest absolute Gasteiger partial charge is 0.384 e. The molecule has 0 spiro atoms. The Bertz CT molecular complexity index is 642. The molecule has 1 aromatic carbocycles. The number of hydrogen-bond acceptors (Lipinski definition) is 5. The number of aromatic nitrogens is 2. The maximum Gasteiger partial charge on any atom is 0.240 e. The molecule has 1 aliphatic rings. The molecule has 6 heteroatoms. The van der Waals surface area contributed by atoms with Crippen LogP contribution in [0.4, 0.5) is 11.5 Å². The number of aryl methyl sites for hydroxylation is 1. The van der Waals surface area contributed by atoms with E-state index >= 15 is 0 Å². The molecule has 2 N–H and O–H groups in total. The lowest BCUT2D eigenvalue weighted by Gasteiger charge is -2.16. The van der Waals surface area contributed by atoms with Crippen LogP contribution in [0.2, 0.25) is 0 Å². The van der Waals surface area contributed by atoms with Crippen LogP contribution in [-0.4, -0.2) is 27.7 Å². The Kier molecular flexibility index (Phi) is 3.79. The highest BCUT2D eigenvalue weighted by molar-refractivity contribution is 8.00. The van der Waals surface area contributed by atoms with Gasteiger partial charge in [0, 0.05) is 24.0 Å². The molecule has 1 amide bonds. The Labute approximate surface area is 127 Å². The van der Waals surface area contributed by atoms with Crippen molar-refractivity contribution in [2.45, 2.75) is 23.8 Å². The molecule has 5 nitrogen and oxygen atoms in total. The van der Waals surface area contributed by atoms with Gasteiger partial charge in [0.2, 0.25) is 5.91 Å². The summed E-state index contributed by atoms with van der Waals surface area (Å²) in [5.74, 6) is 0.547. The van der Waals surface area contributed by atoms with Gasteiger partial charge in [-0.05, 0) is 25.5 Å². The number of carbonyl (C=O) groups excluding carboxylic acids is 1. The molecule has 1 aliphatic heterocycles. The molecule has 1 saturated heterocycles. The highest BCUT2D eigenvalue weighted by Crippen LogP contribution is 2.31. The molecule has 3 rings (SSSR count). The molecule has 0 aliphatic carbocycles. The predicted octanol–water partition coefficient (Wildman–Crippen LogP) is 2.26. The third-order valence-corrected chi connectivity index (χ3v) is 4.44. The third-order valence-electron chi connectivity index (χ3n) is 3.33. The number of thioether (sulfide) groups is 1. The van der Waals surface area contributed by atoms with Crippen LogP contribution >= 0.6 is 11.8 Å². The molecular weight excluding hydrogens is 284 g/mol. The highest BCUT2D eigenvalue weighted by Gasteiger charge is 2.33. The molecule has 1 atom stereocenters. The molecule has 2 aromatic rings. The van der Waals surface area contributed by atoms with Gasteiger partial charge >= 0.3 is 0 Å². The zero-order chi connectivity index (χ0) is 14.8. The average Bonchev–Trinajstić information content (AvgIpc) is 2.80. The zero-order valence-electron chi connectivity index (χ0n) is 11.7. The van der Waals surface area contributed by atoms with Crippen LogP contribution in [0.5, 0.6) is 0 Å². The summed E-state index contributed by atoms with van der Waals surface area (Å²) in [7, 11) is 0. The lowest BCUT2D eigenvalue weighted by Crippen LogP contribution is -2.28. The summed E-state index contributed by atoms with van der Waals surface area (Å²) in [5.41, 5.74) is 7.48. The summed E-state index contributed by atoms with van der Waals surface area (Å²) < 4.78 is 0. The van der Waals surface area contributed by atoms with Crippen molar-refractivity contribution in [3.8, 4) is 0 Å². The zero-order valence-corrected chi connectivity index (χ0v) is 12.5. The molecule has 2 heterocycles. The summed E-state index contributed by atoms with van der Waals surface area (Å²) in [6.45, 7) is 2.59. The Morgan fingerprint density at radius 2 is 2.05 bits per heavy atom. The van der Waals surface area contributed by atoms with Crippen LogP contribution < -0.4 is 10.6 Å². The number of carbonyl (C=O) groups is 1. The summed E-state index contributed by atoms with van der Waals surface area (Å²) in [6.07, 6.45) is 0.787. The van der Waals surface area contributed by atoms with Gasteiger partial charge in [-0.2, -0.15) is 0 Å². The normalized spacial score (nSPS) is 18.2.